The summed E-state index contributed by atoms with van der Waals surface area (Å²) in [6.07, 6.45) is 9.78. The third kappa shape index (κ3) is 3.27. The van der Waals surface area contributed by atoms with E-state index in [1.807, 2.05) is 0 Å². The van der Waals surface area contributed by atoms with Crippen LogP contribution in [0.2, 0.25) is 0 Å². The average Bonchev–Trinajstić information content (AvgIpc) is 2.39. The predicted molar refractivity (Wildman–Crippen MR) is 78.6 cm³/mol. The fourth-order valence-electron chi connectivity index (χ4n) is 4.11. The van der Waals surface area contributed by atoms with Crippen molar-refractivity contribution in [2.45, 2.75) is 83.8 Å². The Bertz CT molecular complexity index is 249. The molecule has 2 nitrogen and oxygen atoms in total. The van der Waals surface area contributed by atoms with Gasteiger partial charge in [0.15, 0.2) is 0 Å². The Balaban J connectivity index is 1.99. The predicted octanol–water partition coefficient (Wildman–Crippen LogP) is 3.40. The van der Waals surface area contributed by atoms with Crippen LogP contribution in [0.5, 0.6) is 0 Å². The lowest BCUT2D eigenvalue weighted by Gasteiger charge is -2.46. The van der Waals surface area contributed by atoms with Crippen LogP contribution in [0, 0.1) is 11.8 Å². The number of hydrogen-bond acceptors (Lipinski definition) is 2. The molecule has 4 unspecified atom stereocenters. The van der Waals surface area contributed by atoms with Gasteiger partial charge in [-0.05, 0) is 51.0 Å². The molecule has 2 N–H and O–H groups in total. The lowest BCUT2D eigenvalue weighted by atomic mass is 9.77. The van der Waals surface area contributed by atoms with Crippen LogP contribution < -0.4 is 5.73 Å². The highest BCUT2D eigenvalue weighted by Crippen LogP contribution is 2.35. The summed E-state index contributed by atoms with van der Waals surface area (Å²) in [5, 5.41) is 0. The SMILES string of the molecule is CC(C)C1CCCC(N2CCCCC2C(C)N)C1. The molecular weight excluding hydrogens is 220 g/mol. The van der Waals surface area contributed by atoms with Crippen molar-refractivity contribution in [3.8, 4) is 0 Å². The molecule has 0 aromatic rings. The third-order valence-corrected chi connectivity index (χ3v) is 5.30. The van der Waals surface area contributed by atoms with Crippen molar-refractivity contribution in [2.75, 3.05) is 6.54 Å². The summed E-state index contributed by atoms with van der Waals surface area (Å²) in [5.74, 6) is 1.80. The second-order valence-electron chi connectivity index (χ2n) is 6.98. The molecule has 2 fully saturated rings. The number of rotatable bonds is 3. The van der Waals surface area contributed by atoms with Gasteiger partial charge in [-0.1, -0.05) is 33.1 Å². The number of hydrogen-bond donors (Lipinski definition) is 1. The van der Waals surface area contributed by atoms with E-state index in [0.717, 1.165) is 17.9 Å². The van der Waals surface area contributed by atoms with Crippen LogP contribution in [0.25, 0.3) is 0 Å². The van der Waals surface area contributed by atoms with Crippen LogP contribution in [0.3, 0.4) is 0 Å². The fourth-order valence-corrected chi connectivity index (χ4v) is 4.11. The van der Waals surface area contributed by atoms with Gasteiger partial charge in [-0.3, -0.25) is 4.90 Å². The second-order valence-corrected chi connectivity index (χ2v) is 6.98. The molecular formula is C16H32N2. The maximum absolute atomic E-state index is 6.22. The number of piperidine rings is 1. The maximum atomic E-state index is 6.22. The normalized spacial score (nSPS) is 36.8. The van der Waals surface area contributed by atoms with E-state index in [4.69, 9.17) is 5.73 Å². The molecule has 1 saturated heterocycles. The molecule has 1 heterocycles. The minimum absolute atomic E-state index is 0.338. The Morgan fingerprint density at radius 2 is 1.78 bits per heavy atom. The van der Waals surface area contributed by atoms with Crippen molar-refractivity contribution < 1.29 is 0 Å². The highest BCUT2D eigenvalue weighted by Gasteiger charge is 2.34. The zero-order valence-electron chi connectivity index (χ0n) is 12.6. The average molecular weight is 252 g/mol. The van der Waals surface area contributed by atoms with Gasteiger partial charge in [0.2, 0.25) is 0 Å². The van der Waals surface area contributed by atoms with Gasteiger partial charge in [-0.15, -0.1) is 0 Å². The van der Waals surface area contributed by atoms with Crippen molar-refractivity contribution in [1.29, 1.82) is 0 Å². The monoisotopic (exact) mass is 252 g/mol. The van der Waals surface area contributed by atoms with Gasteiger partial charge in [0.05, 0.1) is 0 Å². The van der Waals surface area contributed by atoms with Crippen molar-refractivity contribution in [2.24, 2.45) is 17.6 Å². The van der Waals surface area contributed by atoms with E-state index in [9.17, 15) is 0 Å². The first-order valence-electron chi connectivity index (χ1n) is 8.11. The molecule has 2 heteroatoms. The third-order valence-electron chi connectivity index (χ3n) is 5.30. The van der Waals surface area contributed by atoms with Crippen LogP contribution in [-0.2, 0) is 0 Å². The van der Waals surface area contributed by atoms with Crippen LogP contribution in [-0.4, -0.2) is 29.6 Å². The van der Waals surface area contributed by atoms with E-state index in [1.165, 1.54) is 51.5 Å². The van der Waals surface area contributed by atoms with Gasteiger partial charge in [0, 0.05) is 18.1 Å². The smallest absolute Gasteiger partial charge is 0.0247 e. The first kappa shape index (κ1) is 14.3. The largest absolute Gasteiger partial charge is 0.327 e. The minimum Gasteiger partial charge on any atom is -0.327 e. The van der Waals surface area contributed by atoms with Gasteiger partial charge >= 0.3 is 0 Å². The molecule has 0 radical (unpaired) electrons. The number of likely N-dealkylation sites (tertiary alicyclic amines) is 1. The van der Waals surface area contributed by atoms with Crippen molar-refractivity contribution in [1.82, 2.24) is 4.90 Å². The van der Waals surface area contributed by atoms with E-state index in [0.29, 0.717) is 12.1 Å². The molecule has 1 aliphatic heterocycles. The Kier molecular flexibility index (Phi) is 5.08. The Morgan fingerprint density at radius 3 is 2.44 bits per heavy atom. The van der Waals surface area contributed by atoms with E-state index in [-0.39, 0.29) is 0 Å². The maximum Gasteiger partial charge on any atom is 0.0247 e. The van der Waals surface area contributed by atoms with E-state index >= 15 is 0 Å². The Morgan fingerprint density at radius 1 is 1.00 bits per heavy atom. The molecule has 0 bridgehead atoms. The van der Waals surface area contributed by atoms with Crippen LogP contribution >= 0.6 is 0 Å². The fraction of sp³-hybridized carbons (Fsp3) is 1.00. The summed E-state index contributed by atoms with van der Waals surface area (Å²) in [7, 11) is 0. The molecule has 2 rings (SSSR count). The van der Waals surface area contributed by atoms with E-state index in [1.54, 1.807) is 0 Å². The number of nitrogens with two attached hydrogens (primary N) is 1. The molecule has 1 saturated carbocycles. The lowest BCUT2D eigenvalue weighted by molar-refractivity contribution is 0.0417. The Hall–Kier alpha value is -0.0800. The summed E-state index contributed by atoms with van der Waals surface area (Å²) in [4.78, 5) is 2.78. The van der Waals surface area contributed by atoms with Crippen LogP contribution in [0.1, 0.15) is 65.7 Å². The minimum atomic E-state index is 0.338. The first-order chi connectivity index (χ1) is 8.59. The molecule has 0 aromatic carbocycles. The highest BCUT2D eigenvalue weighted by molar-refractivity contribution is 4.90. The molecule has 0 amide bonds. The van der Waals surface area contributed by atoms with Crippen molar-refractivity contribution >= 4 is 0 Å². The van der Waals surface area contributed by atoms with Gasteiger partial charge in [-0.2, -0.15) is 0 Å². The first-order valence-corrected chi connectivity index (χ1v) is 8.11. The van der Waals surface area contributed by atoms with Gasteiger partial charge in [0.1, 0.15) is 0 Å². The summed E-state index contributed by atoms with van der Waals surface area (Å²) in [6.45, 7) is 8.28. The summed E-state index contributed by atoms with van der Waals surface area (Å²) in [6, 6.07) is 1.81. The van der Waals surface area contributed by atoms with Crippen molar-refractivity contribution in [3.63, 3.8) is 0 Å². The molecule has 18 heavy (non-hydrogen) atoms. The topological polar surface area (TPSA) is 29.3 Å². The summed E-state index contributed by atoms with van der Waals surface area (Å²) in [5.41, 5.74) is 6.22. The van der Waals surface area contributed by atoms with Gasteiger partial charge in [-0.25, -0.2) is 0 Å². The standard InChI is InChI=1S/C16H32N2/c1-12(2)14-7-6-8-15(11-14)18-10-5-4-9-16(18)13(3)17/h12-16H,4-11,17H2,1-3H3. The number of nitrogens with zero attached hydrogens (tertiary/aromatic N) is 1. The quantitative estimate of drug-likeness (QED) is 0.834. The van der Waals surface area contributed by atoms with Crippen LogP contribution in [0.15, 0.2) is 0 Å². The lowest BCUT2D eigenvalue weighted by Crippen LogP contribution is -2.54. The molecule has 2 aliphatic rings. The van der Waals surface area contributed by atoms with Crippen molar-refractivity contribution in [3.05, 3.63) is 0 Å². The highest BCUT2D eigenvalue weighted by atomic mass is 15.2. The zero-order chi connectivity index (χ0) is 13.1. The molecule has 106 valence electrons. The van der Waals surface area contributed by atoms with E-state index in [2.05, 4.69) is 25.7 Å². The molecule has 4 atom stereocenters. The van der Waals surface area contributed by atoms with E-state index < -0.39 is 0 Å². The molecule has 0 spiro atoms. The van der Waals surface area contributed by atoms with Gasteiger partial charge < -0.3 is 5.73 Å². The second kappa shape index (κ2) is 6.38. The molecule has 1 aliphatic carbocycles. The molecule has 0 aromatic heterocycles. The van der Waals surface area contributed by atoms with Gasteiger partial charge in [0.25, 0.3) is 0 Å². The Labute approximate surface area is 113 Å². The van der Waals surface area contributed by atoms with Crippen LogP contribution in [0.4, 0.5) is 0 Å². The zero-order valence-corrected chi connectivity index (χ0v) is 12.6. The summed E-state index contributed by atoms with van der Waals surface area (Å²) < 4.78 is 0. The summed E-state index contributed by atoms with van der Waals surface area (Å²) >= 11 is 0.